The van der Waals surface area contributed by atoms with Crippen LogP contribution in [-0.4, -0.2) is 23.8 Å². The Kier molecular flexibility index (Phi) is 2.49. The van der Waals surface area contributed by atoms with E-state index in [4.69, 9.17) is 4.74 Å². The summed E-state index contributed by atoms with van der Waals surface area (Å²) in [5, 5.41) is 0. The van der Waals surface area contributed by atoms with Crippen LogP contribution in [0.2, 0.25) is 0 Å². The molecule has 4 heteroatoms. The summed E-state index contributed by atoms with van der Waals surface area (Å²) < 4.78 is 5.06. The smallest absolute Gasteiger partial charge is 0.260 e. The van der Waals surface area contributed by atoms with Gasteiger partial charge in [0.25, 0.3) is 5.91 Å². The molecule has 3 aliphatic rings. The van der Waals surface area contributed by atoms with Crippen LogP contribution in [0.15, 0.2) is 48.0 Å². The average molecular weight is 257 g/mol. The first-order valence-electron chi connectivity index (χ1n) is 6.31. The molecule has 2 amide bonds. The second-order valence-corrected chi connectivity index (χ2v) is 5.21. The molecule has 0 aromatic carbocycles. The van der Waals surface area contributed by atoms with Crippen molar-refractivity contribution in [3.63, 3.8) is 0 Å². The van der Waals surface area contributed by atoms with E-state index in [1.165, 1.54) is 24.5 Å². The zero-order valence-corrected chi connectivity index (χ0v) is 10.9. The highest BCUT2D eigenvalue weighted by atomic mass is 16.5. The number of amides is 2. The topological polar surface area (TPSA) is 46.6 Å². The Labute approximate surface area is 111 Å². The van der Waals surface area contributed by atoms with Gasteiger partial charge in [-0.1, -0.05) is 19.1 Å². The lowest BCUT2D eigenvalue weighted by Crippen LogP contribution is -2.50. The lowest BCUT2D eigenvalue weighted by atomic mass is 9.68. The highest BCUT2D eigenvalue weighted by Crippen LogP contribution is 2.45. The van der Waals surface area contributed by atoms with Gasteiger partial charge in [-0.15, -0.1) is 0 Å². The Hall–Kier alpha value is -2.10. The molecule has 0 radical (unpaired) electrons. The van der Waals surface area contributed by atoms with E-state index >= 15 is 0 Å². The molecule has 4 nitrogen and oxygen atoms in total. The van der Waals surface area contributed by atoms with Gasteiger partial charge in [0.15, 0.2) is 0 Å². The number of hydrogen-bond acceptors (Lipinski definition) is 3. The summed E-state index contributed by atoms with van der Waals surface area (Å²) in [4.78, 5) is 26.0. The third-order valence-corrected chi connectivity index (χ3v) is 3.95. The van der Waals surface area contributed by atoms with Gasteiger partial charge in [-0.3, -0.25) is 14.5 Å². The Morgan fingerprint density at radius 2 is 2.00 bits per heavy atom. The monoisotopic (exact) mass is 257 g/mol. The molecule has 0 saturated carbocycles. The van der Waals surface area contributed by atoms with Crippen LogP contribution in [0.5, 0.6) is 0 Å². The number of ether oxygens (including phenoxy) is 1. The molecule has 0 aromatic heterocycles. The molecule has 98 valence electrons. The van der Waals surface area contributed by atoms with Crippen molar-refractivity contribution in [3.05, 3.63) is 48.0 Å². The van der Waals surface area contributed by atoms with Gasteiger partial charge in [-0.2, -0.15) is 0 Å². The summed E-state index contributed by atoms with van der Waals surface area (Å²) in [6.45, 7) is 2.08. The lowest BCUT2D eigenvalue weighted by molar-refractivity contribution is -0.145. The largest absolute Gasteiger partial charge is 0.473 e. The number of carbonyl (C=O) groups is 2. The number of imide groups is 1. The molecule has 19 heavy (non-hydrogen) atoms. The zero-order chi connectivity index (χ0) is 13.6. The summed E-state index contributed by atoms with van der Waals surface area (Å²) in [5.74, 6) is -0.110. The Morgan fingerprint density at radius 1 is 1.32 bits per heavy atom. The molecule has 1 unspecified atom stereocenters. The van der Waals surface area contributed by atoms with Crippen molar-refractivity contribution in [1.82, 2.24) is 4.90 Å². The molecule has 3 rings (SSSR count). The molecular formula is C15H15NO3. The SMILES string of the molecule is CC1C=CC2=C(C1)C1(C=COC=C1)C(=O)N(C)C2=O. The fourth-order valence-electron chi connectivity index (χ4n) is 2.87. The summed E-state index contributed by atoms with van der Waals surface area (Å²) in [6, 6.07) is 0. The van der Waals surface area contributed by atoms with E-state index in [0.717, 1.165) is 5.57 Å². The average Bonchev–Trinajstić information content (AvgIpc) is 2.44. The number of carbonyl (C=O) groups excluding carboxylic acids is 2. The minimum Gasteiger partial charge on any atom is -0.473 e. The maximum absolute atomic E-state index is 12.6. The van der Waals surface area contributed by atoms with E-state index < -0.39 is 5.41 Å². The van der Waals surface area contributed by atoms with Crippen LogP contribution >= 0.6 is 0 Å². The van der Waals surface area contributed by atoms with Crippen LogP contribution in [0.3, 0.4) is 0 Å². The van der Waals surface area contributed by atoms with E-state index in [-0.39, 0.29) is 11.8 Å². The van der Waals surface area contributed by atoms with Gasteiger partial charge in [0, 0.05) is 12.6 Å². The molecule has 1 spiro atoms. The molecule has 2 aliphatic heterocycles. The van der Waals surface area contributed by atoms with Crippen molar-refractivity contribution < 1.29 is 14.3 Å². The van der Waals surface area contributed by atoms with Crippen LogP contribution in [-0.2, 0) is 14.3 Å². The first-order valence-corrected chi connectivity index (χ1v) is 6.31. The van der Waals surface area contributed by atoms with Gasteiger partial charge >= 0.3 is 0 Å². The predicted molar refractivity (Wildman–Crippen MR) is 69.5 cm³/mol. The van der Waals surface area contributed by atoms with Crippen molar-refractivity contribution >= 4 is 11.8 Å². The highest BCUT2D eigenvalue weighted by molar-refractivity contribution is 6.13. The lowest BCUT2D eigenvalue weighted by Gasteiger charge is -2.40. The molecule has 0 saturated heterocycles. The molecule has 0 aromatic rings. The summed E-state index contributed by atoms with van der Waals surface area (Å²) >= 11 is 0. The maximum Gasteiger partial charge on any atom is 0.260 e. The van der Waals surface area contributed by atoms with E-state index in [0.29, 0.717) is 17.9 Å². The van der Waals surface area contributed by atoms with E-state index in [1.54, 1.807) is 12.2 Å². The maximum atomic E-state index is 12.6. The predicted octanol–water partition coefficient (Wildman–Crippen LogP) is 1.92. The minimum absolute atomic E-state index is 0.213. The quantitative estimate of drug-likeness (QED) is 0.623. The minimum atomic E-state index is -0.852. The second kappa shape index (κ2) is 3.95. The number of likely N-dealkylation sites (N-methyl/N-ethyl adjacent to an activating group) is 1. The number of nitrogens with zero attached hydrogens (tertiary/aromatic N) is 1. The third-order valence-electron chi connectivity index (χ3n) is 3.95. The van der Waals surface area contributed by atoms with Crippen LogP contribution in [0.1, 0.15) is 13.3 Å². The standard InChI is InChI=1S/C15H15NO3/c1-10-3-4-11-12(9-10)15(5-7-19-8-6-15)14(18)16(2)13(11)17/h3-8,10H,9H2,1-2H3. The first kappa shape index (κ1) is 12.0. The van der Waals surface area contributed by atoms with E-state index in [9.17, 15) is 9.59 Å². The molecule has 2 heterocycles. The molecule has 0 bridgehead atoms. The highest BCUT2D eigenvalue weighted by Gasteiger charge is 2.49. The Balaban J connectivity index is 2.24. The fraction of sp³-hybridized carbons (Fsp3) is 0.333. The molecular weight excluding hydrogens is 242 g/mol. The second-order valence-electron chi connectivity index (χ2n) is 5.21. The van der Waals surface area contributed by atoms with E-state index in [1.807, 2.05) is 12.2 Å². The first-order chi connectivity index (χ1) is 9.06. The van der Waals surface area contributed by atoms with Gasteiger partial charge in [-0.25, -0.2) is 0 Å². The third kappa shape index (κ3) is 1.52. The number of hydrogen-bond donors (Lipinski definition) is 0. The van der Waals surface area contributed by atoms with Crippen molar-refractivity contribution in [2.45, 2.75) is 13.3 Å². The van der Waals surface area contributed by atoms with Crippen molar-refractivity contribution in [2.24, 2.45) is 11.3 Å². The molecule has 1 aliphatic carbocycles. The zero-order valence-electron chi connectivity index (χ0n) is 10.9. The number of fused-ring (bicyclic) bond motifs is 1. The number of rotatable bonds is 0. The molecule has 0 N–H and O–H groups in total. The van der Waals surface area contributed by atoms with Crippen molar-refractivity contribution in [1.29, 1.82) is 0 Å². The van der Waals surface area contributed by atoms with Gasteiger partial charge < -0.3 is 4.74 Å². The van der Waals surface area contributed by atoms with Crippen molar-refractivity contribution in [3.8, 4) is 0 Å². The number of allylic oxidation sites excluding steroid dienone is 1. The fourth-order valence-corrected chi connectivity index (χ4v) is 2.87. The van der Waals surface area contributed by atoms with Gasteiger partial charge in [-0.05, 0) is 30.1 Å². The van der Waals surface area contributed by atoms with Crippen LogP contribution in [0.25, 0.3) is 0 Å². The van der Waals surface area contributed by atoms with Gasteiger partial charge in [0.1, 0.15) is 5.41 Å². The molecule has 1 atom stereocenters. The summed E-state index contributed by atoms with van der Waals surface area (Å²) in [6.07, 6.45) is 11.1. The van der Waals surface area contributed by atoms with Gasteiger partial charge in [0.05, 0.1) is 12.5 Å². The van der Waals surface area contributed by atoms with Crippen LogP contribution < -0.4 is 0 Å². The Morgan fingerprint density at radius 3 is 2.68 bits per heavy atom. The normalized spacial score (nSPS) is 27.9. The van der Waals surface area contributed by atoms with Gasteiger partial charge in [0.2, 0.25) is 5.91 Å². The molecule has 0 fully saturated rings. The summed E-state index contributed by atoms with van der Waals surface area (Å²) in [5.41, 5.74) is 0.665. The van der Waals surface area contributed by atoms with E-state index in [2.05, 4.69) is 6.92 Å². The van der Waals surface area contributed by atoms with Crippen molar-refractivity contribution in [2.75, 3.05) is 7.05 Å². The summed E-state index contributed by atoms with van der Waals surface area (Å²) in [7, 11) is 1.53. The Bertz CT molecular complexity index is 568. The van der Waals surface area contributed by atoms with Crippen LogP contribution in [0.4, 0.5) is 0 Å². The van der Waals surface area contributed by atoms with Crippen LogP contribution in [0, 0.1) is 11.3 Å².